The molecule has 1 aromatic rings. The minimum Gasteiger partial charge on any atom is -0.480 e. The third kappa shape index (κ3) is 3.36. The van der Waals surface area contributed by atoms with Gasteiger partial charge in [-0.3, -0.25) is 4.79 Å². The molecule has 7 nitrogen and oxygen atoms in total. The molecular formula is C13H12F3NO6S. The Morgan fingerprint density at radius 1 is 1.21 bits per heavy atom. The molecule has 1 saturated heterocycles. The second-order valence-corrected chi connectivity index (χ2v) is 6.84. The minimum atomic E-state index is -5.51. The molecule has 0 saturated carbocycles. The van der Waals surface area contributed by atoms with E-state index < -0.39 is 38.2 Å². The average Bonchev–Trinajstić information content (AvgIpc) is 2.53. The van der Waals surface area contributed by atoms with Crippen LogP contribution in [0.5, 0.6) is 0 Å². The van der Waals surface area contributed by atoms with Gasteiger partial charge < -0.3 is 14.7 Å². The summed E-state index contributed by atoms with van der Waals surface area (Å²) in [6.45, 7) is -0.0872. The fourth-order valence-corrected chi connectivity index (χ4v) is 2.89. The molecule has 1 amide bonds. The molecule has 0 radical (unpaired) electrons. The number of carboxylic acid groups (broad SMARTS) is 1. The van der Waals surface area contributed by atoms with E-state index in [0.29, 0.717) is 12.1 Å². The summed E-state index contributed by atoms with van der Waals surface area (Å²) in [7, 11) is -5.51. The van der Waals surface area contributed by atoms with Gasteiger partial charge in [0.2, 0.25) is 0 Å². The summed E-state index contributed by atoms with van der Waals surface area (Å²) in [6.07, 6.45) is 0. The van der Waals surface area contributed by atoms with Crippen molar-refractivity contribution < 1.29 is 41.0 Å². The Morgan fingerprint density at radius 3 is 2.29 bits per heavy atom. The van der Waals surface area contributed by atoms with Crippen LogP contribution in [0.4, 0.5) is 13.2 Å². The van der Waals surface area contributed by atoms with Crippen molar-refractivity contribution in [3.05, 3.63) is 29.8 Å². The van der Waals surface area contributed by atoms with Gasteiger partial charge in [0.15, 0.2) is 6.04 Å². The zero-order chi connectivity index (χ0) is 18.1. The lowest BCUT2D eigenvalue weighted by Crippen LogP contribution is -2.52. The summed E-state index contributed by atoms with van der Waals surface area (Å²) < 4.78 is 64.9. The van der Waals surface area contributed by atoms with Crippen LogP contribution in [0.25, 0.3) is 0 Å². The van der Waals surface area contributed by atoms with E-state index in [1.54, 1.807) is 0 Å². The Morgan fingerprint density at radius 2 is 1.79 bits per heavy atom. The number of halogens is 3. The highest BCUT2D eigenvalue weighted by Gasteiger charge is 2.46. The van der Waals surface area contributed by atoms with Gasteiger partial charge in [-0.05, 0) is 24.3 Å². The van der Waals surface area contributed by atoms with Gasteiger partial charge >= 0.3 is 11.5 Å². The van der Waals surface area contributed by atoms with Gasteiger partial charge in [0.1, 0.15) is 0 Å². The zero-order valence-corrected chi connectivity index (χ0v) is 12.8. The molecule has 0 aliphatic carbocycles. The van der Waals surface area contributed by atoms with Gasteiger partial charge in [-0.25, -0.2) is 13.2 Å². The van der Waals surface area contributed by atoms with E-state index in [4.69, 9.17) is 9.84 Å². The van der Waals surface area contributed by atoms with E-state index in [1.165, 1.54) is 0 Å². The molecule has 1 atom stereocenters. The molecule has 0 aromatic heterocycles. The summed E-state index contributed by atoms with van der Waals surface area (Å²) in [4.78, 5) is 23.4. The molecule has 1 aliphatic rings. The number of alkyl halides is 3. The predicted octanol–water partition coefficient (Wildman–Crippen LogP) is 0.906. The monoisotopic (exact) mass is 367 g/mol. The maximum atomic E-state index is 12.5. The topological polar surface area (TPSA) is 101 Å². The Balaban J connectivity index is 2.27. The number of carbonyl (C=O) groups excluding carboxylic acids is 1. The number of carbonyl (C=O) groups is 2. The summed E-state index contributed by atoms with van der Waals surface area (Å²) in [5, 5.41) is 9.07. The van der Waals surface area contributed by atoms with Crippen LogP contribution in [0, 0.1) is 0 Å². The zero-order valence-electron chi connectivity index (χ0n) is 12.0. The fraction of sp³-hybridized carbons (Fsp3) is 0.385. The van der Waals surface area contributed by atoms with Gasteiger partial charge in [0.25, 0.3) is 15.7 Å². The van der Waals surface area contributed by atoms with Crippen LogP contribution in [0.15, 0.2) is 29.2 Å². The summed E-state index contributed by atoms with van der Waals surface area (Å²) in [6, 6.07) is 1.92. The van der Waals surface area contributed by atoms with Gasteiger partial charge in [0.05, 0.1) is 18.1 Å². The molecule has 132 valence electrons. The number of benzene rings is 1. The quantitative estimate of drug-likeness (QED) is 0.852. The van der Waals surface area contributed by atoms with Crippen molar-refractivity contribution in [3.8, 4) is 0 Å². The van der Waals surface area contributed by atoms with Crippen LogP contribution in [0.1, 0.15) is 10.4 Å². The second kappa shape index (κ2) is 6.40. The van der Waals surface area contributed by atoms with Gasteiger partial charge in [0, 0.05) is 12.1 Å². The van der Waals surface area contributed by atoms with Crippen LogP contribution in [-0.4, -0.2) is 61.6 Å². The highest BCUT2D eigenvalue weighted by Crippen LogP contribution is 2.30. The third-order valence-electron chi connectivity index (χ3n) is 3.39. The second-order valence-electron chi connectivity index (χ2n) is 4.90. The first-order valence-corrected chi connectivity index (χ1v) is 8.07. The summed E-state index contributed by atoms with van der Waals surface area (Å²) >= 11 is 0. The van der Waals surface area contributed by atoms with Crippen molar-refractivity contribution in [2.24, 2.45) is 0 Å². The van der Waals surface area contributed by atoms with Crippen LogP contribution < -0.4 is 0 Å². The largest absolute Gasteiger partial charge is 0.501 e. The van der Waals surface area contributed by atoms with Crippen molar-refractivity contribution >= 4 is 21.7 Å². The molecule has 1 N–H and O–H groups in total. The summed E-state index contributed by atoms with van der Waals surface area (Å²) in [5.74, 6) is -2.01. The number of sulfone groups is 1. The number of aliphatic carboxylic acids is 1. The Bertz CT molecular complexity index is 744. The minimum absolute atomic E-state index is 0.00159. The van der Waals surface area contributed by atoms with Crippen LogP contribution in [-0.2, 0) is 19.4 Å². The molecular weight excluding hydrogens is 355 g/mol. The van der Waals surface area contributed by atoms with E-state index in [0.717, 1.165) is 17.0 Å². The Hall–Kier alpha value is -2.14. The van der Waals surface area contributed by atoms with Gasteiger partial charge in [-0.2, -0.15) is 13.2 Å². The van der Waals surface area contributed by atoms with E-state index in [1.807, 2.05) is 0 Å². The molecule has 0 spiro atoms. The standard InChI is InChI=1S/C13H12F3NO6S/c14-13(15,16)24(21,22)9-3-1-8(2-4-9)11(18)17-5-6-23-7-10(17)12(19)20/h1-4,10H,5-7H2,(H,19,20). The lowest BCUT2D eigenvalue weighted by molar-refractivity contribution is -0.147. The Labute approximate surface area is 134 Å². The van der Waals surface area contributed by atoms with Crippen molar-refractivity contribution in [3.63, 3.8) is 0 Å². The third-order valence-corrected chi connectivity index (χ3v) is 4.89. The fourth-order valence-electron chi connectivity index (χ4n) is 2.13. The first-order chi connectivity index (χ1) is 11.1. The average molecular weight is 367 g/mol. The van der Waals surface area contributed by atoms with Crippen molar-refractivity contribution in [2.75, 3.05) is 19.8 Å². The maximum absolute atomic E-state index is 12.5. The molecule has 1 fully saturated rings. The smallest absolute Gasteiger partial charge is 0.480 e. The van der Waals surface area contributed by atoms with Gasteiger partial charge in [-0.15, -0.1) is 0 Å². The molecule has 24 heavy (non-hydrogen) atoms. The van der Waals surface area contributed by atoms with Crippen molar-refractivity contribution in [1.29, 1.82) is 0 Å². The molecule has 1 heterocycles. The number of carboxylic acids is 1. The highest BCUT2D eigenvalue weighted by atomic mass is 32.2. The van der Waals surface area contributed by atoms with E-state index in [2.05, 4.69) is 0 Å². The number of amides is 1. The molecule has 1 unspecified atom stereocenters. The predicted molar refractivity (Wildman–Crippen MR) is 73.0 cm³/mol. The highest BCUT2D eigenvalue weighted by molar-refractivity contribution is 7.92. The first-order valence-electron chi connectivity index (χ1n) is 6.58. The molecule has 1 aliphatic heterocycles. The number of ether oxygens (including phenoxy) is 1. The lowest BCUT2D eigenvalue weighted by Gasteiger charge is -2.32. The number of hydrogen-bond acceptors (Lipinski definition) is 5. The Kier molecular flexibility index (Phi) is 4.85. The molecule has 11 heteroatoms. The van der Waals surface area contributed by atoms with Crippen LogP contribution >= 0.6 is 0 Å². The van der Waals surface area contributed by atoms with Crippen LogP contribution in [0.2, 0.25) is 0 Å². The van der Waals surface area contributed by atoms with Gasteiger partial charge in [-0.1, -0.05) is 0 Å². The summed E-state index contributed by atoms with van der Waals surface area (Å²) in [5.41, 5.74) is -5.57. The van der Waals surface area contributed by atoms with Crippen molar-refractivity contribution in [2.45, 2.75) is 16.4 Å². The molecule has 0 bridgehead atoms. The van der Waals surface area contributed by atoms with E-state index >= 15 is 0 Å². The maximum Gasteiger partial charge on any atom is 0.501 e. The molecule has 1 aromatic carbocycles. The SMILES string of the molecule is O=C(O)C1COCCN1C(=O)c1ccc(S(=O)(=O)C(F)(F)F)cc1. The van der Waals surface area contributed by atoms with Crippen LogP contribution in [0.3, 0.4) is 0 Å². The van der Waals surface area contributed by atoms with Crippen molar-refractivity contribution in [1.82, 2.24) is 4.90 Å². The lowest BCUT2D eigenvalue weighted by atomic mass is 10.1. The van der Waals surface area contributed by atoms with E-state index in [-0.39, 0.29) is 25.3 Å². The first kappa shape index (κ1) is 18.2. The number of morpholine rings is 1. The number of hydrogen-bond donors (Lipinski definition) is 1. The normalized spacial score (nSPS) is 19.1. The molecule has 2 rings (SSSR count). The number of rotatable bonds is 3. The van der Waals surface area contributed by atoms with E-state index in [9.17, 15) is 31.2 Å². The number of nitrogens with zero attached hydrogens (tertiary/aromatic N) is 1.